The largest absolute Gasteiger partial charge is 0.466 e. The molecule has 0 spiro atoms. The van der Waals surface area contributed by atoms with Gasteiger partial charge in [0, 0.05) is 10.9 Å². The van der Waals surface area contributed by atoms with Crippen molar-refractivity contribution in [2.24, 2.45) is 17.3 Å². The number of alkyl halides is 1. The molecule has 2 atom stereocenters. The quantitative estimate of drug-likeness (QED) is 0.256. The summed E-state index contributed by atoms with van der Waals surface area (Å²) in [4.78, 5) is 38.0. The van der Waals surface area contributed by atoms with Gasteiger partial charge in [0.05, 0.1) is 36.0 Å². The minimum Gasteiger partial charge on any atom is -0.466 e. The Hall–Kier alpha value is -1.02. The fraction of sp³-hybridized carbons (Fsp3) is 0.750. The van der Waals surface area contributed by atoms with Crippen LogP contribution in [0.5, 0.6) is 0 Å². The van der Waals surface area contributed by atoms with Crippen molar-refractivity contribution in [3.63, 3.8) is 0 Å². The predicted octanol–water partition coefficient (Wildman–Crippen LogP) is 3.24. The van der Waals surface area contributed by atoms with Gasteiger partial charge in [0.15, 0.2) is 0 Å². The molecule has 5 rings (SSSR count). The number of halogens is 1. The highest BCUT2D eigenvalue weighted by Crippen LogP contribution is 2.64. The van der Waals surface area contributed by atoms with E-state index < -0.39 is 5.97 Å². The average molecular weight is 472 g/mol. The standard InChI is InChI=1S/C20H26BrNO5S/c1-26-17(24)6-16-22(15(23)11-28-16)3-2-4-27-18(25)19-7-13-5-14(8-19)10-20(21,9-13)12-19/h6,13-14H,2-5,7-12H2,1H3/b16-6+. The zero-order chi connectivity index (χ0) is 19.9. The number of carbonyl (C=O) groups is 3. The maximum absolute atomic E-state index is 12.9. The molecule has 2 unspecified atom stereocenters. The Kier molecular flexibility index (Phi) is 5.55. The van der Waals surface area contributed by atoms with Crippen molar-refractivity contribution in [3.8, 4) is 0 Å². The van der Waals surface area contributed by atoms with Crippen LogP contribution in [-0.2, 0) is 23.9 Å². The fourth-order valence-electron chi connectivity index (χ4n) is 5.86. The average Bonchev–Trinajstić information content (AvgIpc) is 2.96. The molecule has 0 N–H and O–H groups in total. The molecule has 6 nitrogen and oxygen atoms in total. The van der Waals surface area contributed by atoms with Crippen molar-refractivity contribution in [1.29, 1.82) is 0 Å². The molecule has 4 saturated carbocycles. The van der Waals surface area contributed by atoms with E-state index in [1.54, 1.807) is 4.90 Å². The lowest BCUT2D eigenvalue weighted by molar-refractivity contribution is -0.169. The highest BCUT2D eigenvalue weighted by atomic mass is 79.9. The first-order valence-corrected chi connectivity index (χ1v) is 11.7. The van der Waals surface area contributed by atoms with Crippen LogP contribution in [0.4, 0.5) is 0 Å². The summed E-state index contributed by atoms with van der Waals surface area (Å²) < 4.78 is 10.5. The molecule has 1 amide bonds. The summed E-state index contributed by atoms with van der Waals surface area (Å²) in [5.41, 5.74) is -0.317. The molecule has 0 aromatic heterocycles. The van der Waals surface area contributed by atoms with Gasteiger partial charge in [0.25, 0.3) is 0 Å². The molecule has 4 aliphatic carbocycles. The lowest BCUT2D eigenvalue weighted by atomic mass is 9.49. The molecule has 1 heterocycles. The molecule has 5 aliphatic rings. The van der Waals surface area contributed by atoms with E-state index in [-0.39, 0.29) is 21.6 Å². The highest BCUT2D eigenvalue weighted by Gasteiger charge is 2.60. The van der Waals surface area contributed by atoms with E-state index in [0.717, 1.165) is 19.3 Å². The number of amides is 1. The second-order valence-electron chi connectivity index (χ2n) is 8.72. The predicted molar refractivity (Wildman–Crippen MR) is 109 cm³/mol. The van der Waals surface area contributed by atoms with Gasteiger partial charge in [0.1, 0.15) is 0 Å². The van der Waals surface area contributed by atoms with E-state index in [2.05, 4.69) is 20.7 Å². The third-order valence-electron chi connectivity index (χ3n) is 6.54. The van der Waals surface area contributed by atoms with Crippen LogP contribution in [0.1, 0.15) is 44.9 Å². The van der Waals surface area contributed by atoms with Crippen LogP contribution in [0.2, 0.25) is 0 Å². The molecular formula is C20H26BrNO5S. The van der Waals surface area contributed by atoms with Crippen LogP contribution in [0.15, 0.2) is 11.1 Å². The number of methoxy groups -OCH3 is 1. The van der Waals surface area contributed by atoms with Crippen molar-refractivity contribution in [1.82, 2.24) is 4.90 Å². The van der Waals surface area contributed by atoms with Crippen molar-refractivity contribution in [3.05, 3.63) is 11.1 Å². The van der Waals surface area contributed by atoms with Gasteiger partial charge < -0.3 is 14.4 Å². The molecular weight excluding hydrogens is 446 g/mol. The summed E-state index contributed by atoms with van der Waals surface area (Å²) in [6.07, 6.45) is 8.33. The summed E-state index contributed by atoms with van der Waals surface area (Å²) >= 11 is 5.26. The van der Waals surface area contributed by atoms with E-state index in [1.165, 1.54) is 44.2 Å². The van der Waals surface area contributed by atoms with Gasteiger partial charge in [0.2, 0.25) is 5.91 Å². The van der Waals surface area contributed by atoms with Crippen molar-refractivity contribution < 1.29 is 23.9 Å². The van der Waals surface area contributed by atoms with Crippen LogP contribution >= 0.6 is 27.7 Å². The van der Waals surface area contributed by atoms with Gasteiger partial charge in [-0.05, 0) is 56.8 Å². The van der Waals surface area contributed by atoms with Gasteiger partial charge in [-0.3, -0.25) is 9.59 Å². The van der Waals surface area contributed by atoms with Crippen molar-refractivity contribution in [2.75, 3.05) is 26.0 Å². The Morgan fingerprint density at radius 2 is 2.00 bits per heavy atom. The minimum atomic E-state index is -0.473. The third kappa shape index (κ3) is 3.86. The van der Waals surface area contributed by atoms with Crippen LogP contribution < -0.4 is 0 Å². The van der Waals surface area contributed by atoms with E-state index in [4.69, 9.17) is 4.74 Å². The lowest BCUT2D eigenvalue weighted by Gasteiger charge is -2.58. The van der Waals surface area contributed by atoms with Crippen molar-refractivity contribution in [2.45, 2.75) is 49.3 Å². The molecule has 1 saturated heterocycles. The summed E-state index contributed by atoms with van der Waals surface area (Å²) in [7, 11) is 1.31. The number of rotatable bonds is 6. The molecule has 154 valence electrons. The van der Waals surface area contributed by atoms with Crippen LogP contribution in [0.3, 0.4) is 0 Å². The van der Waals surface area contributed by atoms with E-state index >= 15 is 0 Å². The van der Waals surface area contributed by atoms with E-state index in [1.807, 2.05) is 0 Å². The van der Waals surface area contributed by atoms with E-state index in [0.29, 0.717) is 42.2 Å². The SMILES string of the molecule is COC(=O)/C=C1/SCC(=O)N1CCCOC(=O)C12CC3CC(CC(Br)(C3)C1)C2. The van der Waals surface area contributed by atoms with Gasteiger partial charge in [-0.2, -0.15) is 0 Å². The lowest BCUT2D eigenvalue weighted by Crippen LogP contribution is -2.56. The summed E-state index contributed by atoms with van der Waals surface area (Å²) in [5, 5.41) is 0.602. The summed E-state index contributed by atoms with van der Waals surface area (Å²) in [6.45, 7) is 0.730. The zero-order valence-electron chi connectivity index (χ0n) is 16.1. The first-order chi connectivity index (χ1) is 13.3. The molecule has 0 aromatic rings. The molecule has 28 heavy (non-hydrogen) atoms. The highest BCUT2D eigenvalue weighted by molar-refractivity contribution is 9.10. The number of esters is 2. The minimum absolute atomic E-state index is 0.0335. The zero-order valence-corrected chi connectivity index (χ0v) is 18.5. The van der Waals surface area contributed by atoms with E-state index in [9.17, 15) is 14.4 Å². The topological polar surface area (TPSA) is 72.9 Å². The fourth-order valence-corrected chi connectivity index (χ4v) is 8.27. The number of thioether (sulfide) groups is 1. The first-order valence-electron chi connectivity index (χ1n) is 9.91. The van der Waals surface area contributed by atoms with Gasteiger partial charge >= 0.3 is 11.9 Å². The number of carbonyl (C=O) groups excluding carboxylic acids is 3. The summed E-state index contributed by atoms with van der Waals surface area (Å²) in [6, 6.07) is 0. The second-order valence-corrected chi connectivity index (χ2v) is 11.4. The molecule has 5 fully saturated rings. The number of ether oxygens (including phenoxy) is 2. The van der Waals surface area contributed by atoms with Crippen LogP contribution in [0.25, 0.3) is 0 Å². The normalized spacial score (nSPS) is 37.6. The molecule has 4 bridgehead atoms. The Morgan fingerprint density at radius 1 is 1.29 bits per heavy atom. The Labute approximate surface area is 177 Å². The van der Waals surface area contributed by atoms with Crippen LogP contribution in [-0.4, -0.2) is 53.1 Å². The van der Waals surface area contributed by atoms with Gasteiger partial charge in [-0.15, -0.1) is 0 Å². The molecule has 0 radical (unpaired) electrons. The summed E-state index contributed by atoms with van der Waals surface area (Å²) in [5.74, 6) is 1.03. The second kappa shape index (κ2) is 7.67. The Balaban J connectivity index is 1.30. The number of nitrogens with zero attached hydrogens (tertiary/aromatic N) is 1. The smallest absolute Gasteiger partial charge is 0.333 e. The Bertz CT molecular complexity index is 709. The van der Waals surface area contributed by atoms with Gasteiger partial charge in [-0.1, -0.05) is 27.7 Å². The monoisotopic (exact) mass is 471 g/mol. The van der Waals surface area contributed by atoms with Gasteiger partial charge in [-0.25, -0.2) is 4.79 Å². The van der Waals surface area contributed by atoms with Crippen LogP contribution in [0, 0.1) is 17.3 Å². The first kappa shape index (κ1) is 20.3. The third-order valence-corrected chi connectivity index (χ3v) is 8.49. The molecule has 0 aromatic carbocycles. The maximum Gasteiger partial charge on any atom is 0.333 e. The van der Waals surface area contributed by atoms with Crippen molar-refractivity contribution >= 4 is 45.5 Å². The Morgan fingerprint density at radius 3 is 2.64 bits per heavy atom. The maximum atomic E-state index is 12.9. The molecule has 8 heteroatoms. The number of hydrogen-bond donors (Lipinski definition) is 0. The number of hydrogen-bond acceptors (Lipinski definition) is 6. The molecule has 1 aliphatic heterocycles.